The summed E-state index contributed by atoms with van der Waals surface area (Å²) in [5.41, 5.74) is 0.391. The second kappa shape index (κ2) is 9.56. The highest BCUT2D eigenvalue weighted by molar-refractivity contribution is 5.90. The minimum Gasteiger partial charge on any atom is -0.497 e. The van der Waals surface area contributed by atoms with Gasteiger partial charge in [-0.2, -0.15) is 0 Å². The van der Waals surface area contributed by atoms with Crippen LogP contribution in [0.1, 0.15) is 24.2 Å². The Labute approximate surface area is 153 Å². The lowest BCUT2D eigenvalue weighted by atomic mass is 10.2. The molecule has 2 aromatic rings. The third-order valence-electron chi connectivity index (χ3n) is 3.41. The van der Waals surface area contributed by atoms with E-state index < -0.39 is 5.97 Å². The van der Waals surface area contributed by atoms with Gasteiger partial charge in [-0.05, 0) is 56.3 Å². The number of ether oxygens (including phenoxy) is 5. The standard InChI is InChI=1S/C20H24O6/c1-14(2)26-18-10-5-15(13-19(18)23-4)20(21)25-12-11-24-17-8-6-16(22-3)7-9-17/h5-10,13-14H,11-12H2,1-4H3. The van der Waals surface area contributed by atoms with Crippen molar-refractivity contribution in [1.82, 2.24) is 0 Å². The fourth-order valence-electron chi connectivity index (χ4n) is 2.20. The van der Waals surface area contributed by atoms with Gasteiger partial charge in [-0.1, -0.05) is 0 Å². The van der Waals surface area contributed by atoms with Crippen molar-refractivity contribution in [2.75, 3.05) is 27.4 Å². The molecule has 140 valence electrons. The predicted molar refractivity (Wildman–Crippen MR) is 97.5 cm³/mol. The summed E-state index contributed by atoms with van der Waals surface area (Å²) >= 11 is 0. The largest absolute Gasteiger partial charge is 0.497 e. The first kappa shape index (κ1) is 19.4. The Morgan fingerprint density at radius 2 is 1.58 bits per heavy atom. The summed E-state index contributed by atoms with van der Waals surface area (Å²) in [5.74, 6) is 2.06. The summed E-state index contributed by atoms with van der Waals surface area (Å²) in [6, 6.07) is 12.1. The van der Waals surface area contributed by atoms with Crippen molar-refractivity contribution in [2.24, 2.45) is 0 Å². The Hall–Kier alpha value is -2.89. The lowest BCUT2D eigenvalue weighted by Gasteiger charge is -2.14. The molecule has 0 aliphatic rings. The molecule has 0 atom stereocenters. The van der Waals surface area contributed by atoms with Gasteiger partial charge in [-0.25, -0.2) is 4.79 Å². The van der Waals surface area contributed by atoms with Gasteiger partial charge in [0.1, 0.15) is 24.7 Å². The van der Waals surface area contributed by atoms with Gasteiger partial charge in [-0.15, -0.1) is 0 Å². The maximum Gasteiger partial charge on any atom is 0.338 e. The van der Waals surface area contributed by atoms with Crippen molar-refractivity contribution >= 4 is 5.97 Å². The molecule has 0 fully saturated rings. The van der Waals surface area contributed by atoms with Gasteiger partial charge in [-0.3, -0.25) is 0 Å². The normalized spacial score (nSPS) is 10.3. The lowest BCUT2D eigenvalue weighted by Crippen LogP contribution is -2.13. The molecule has 0 bridgehead atoms. The van der Waals surface area contributed by atoms with Crippen molar-refractivity contribution in [1.29, 1.82) is 0 Å². The van der Waals surface area contributed by atoms with Crippen LogP contribution in [0.4, 0.5) is 0 Å². The second-order valence-electron chi connectivity index (χ2n) is 5.69. The highest BCUT2D eigenvalue weighted by Crippen LogP contribution is 2.29. The van der Waals surface area contributed by atoms with Crippen LogP contribution in [0, 0.1) is 0 Å². The first-order valence-electron chi connectivity index (χ1n) is 8.32. The SMILES string of the molecule is COc1ccc(OCCOC(=O)c2ccc(OC(C)C)c(OC)c2)cc1. The van der Waals surface area contributed by atoms with Crippen LogP contribution in [-0.2, 0) is 4.74 Å². The minimum absolute atomic E-state index is 0.0109. The molecule has 0 aliphatic carbocycles. The Bertz CT molecular complexity index is 709. The number of methoxy groups -OCH3 is 2. The van der Waals surface area contributed by atoms with Crippen LogP contribution in [0.2, 0.25) is 0 Å². The lowest BCUT2D eigenvalue weighted by molar-refractivity contribution is 0.0450. The highest BCUT2D eigenvalue weighted by Gasteiger charge is 2.13. The summed E-state index contributed by atoms with van der Waals surface area (Å²) in [6.45, 7) is 4.23. The van der Waals surface area contributed by atoms with E-state index in [9.17, 15) is 4.79 Å². The van der Waals surface area contributed by atoms with Gasteiger partial charge in [0.15, 0.2) is 11.5 Å². The molecule has 0 unspecified atom stereocenters. The first-order chi connectivity index (χ1) is 12.5. The smallest absolute Gasteiger partial charge is 0.338 e. The van der Waals surface area contributed by atoms with Gasteiger partial charge in [0.05, 0.1) is 25.9 Å². The molecule has 0 radical (unpaired) electrons. The molecule has 0 N–H and O–H groups in total. The molecule has 0 aliphatic heterocycles. The van der Waals surface area contributed by atoms with E-state index in [0.717, 1.165) is 5.75 Å². The molecule has 0 amide bonds. The van der Waals surface area contributed by atoms with Crippen molar-refractivity contribution in [3.8, 4) is 23.0 Å². The van der Waals surface area contributed by atoms with Crippen molar-refractivity contribution in [3.05, 3.63) is 48.0 Å². The van der Waals surface area contributed by atoms with E-state index in [2.05, 4.69) is 0 Å². The van der Waals surface area contributed by atoms with Gasteiger partial charge < -0.3 is 23.7 Å². The molecule has 0 saturated carbocycles. The van der Waals surface area contributed by atoms with Crippen LogP contribution in [0.5, 0.6) is 23.0 Å². The molecule has 0 saturated heterocycles. The Kier molecular flexibility index (Phi) is 7.14. The second-order valence-corrected chi connectivity index (χ2v) is 5.69. The summed E-state index contributed by atoms with van der Waals surface area (Å²) in [5, 5.41) is 0. The van der Waals surface area contributed by atoms with Gasteiger partial charge >= 0.3 is 5.97 Å². The van der Waals surface area contributed by atoms with E-state index >= 15 is 0 Å². The van der Waals surface area contributed by atoms with Crippen LogP contribution >= 0.6 is 0 Å². The Morgan fingerprint density at radius 1 is 0.885 bits per heavy atom. The van der Waals surface area contributed by atoms with Crippen molar-refractivity contribution < 1.29 is 28.5 Å². The number of esters is 1. The summed E-state index contributed by atoms with van der Waals surface area (Å²) < 4.78 is 26.7. The van der Waals surface area contributed by atoms with E-state index in [0.29, 0.717) is 22.8 Å². The minimum atomic E-state index is -0.447. The van der Waals surface area contributed by atoms with E-state index in [-0.39, 0.29) is 19.3 Å². The Balaban J connectivity index is 1.85. The molecule has 2 rings (SSSR count). The number of carbonyl (C=O) groups is 1. The summed E-state index contributed by atoms with van der Waals surface area (Å²) in [6.07, 6.45) is 0.0109. The molecule has 6 heteroatoms. The zero-order valence-corrected chi connectivity index (χ0v) is 15.5. The van der Waals surface area contributed by atoms with E-state index in [1.54, 1.807) is 49.6 Å². The molecule has 0 heterocycles. The van der Waals surface area contributed by atoms with Crippen LogP contribution < -0.4 is 18.9 Å². The van der Waals surface area contributed by atoms with Gasteiger partial charge in [0.25, 0.3) is 0 Å². The molecule has 2 aromatic carbocycles. The molecular formula is C20H24O6. The fraction of sp³-hybridized carbons (Fsp3) is 0.350. The Morgan fingerprint density at radius 3 is 2.19 bits per heavy atom. The third-order valence-corrected chi connectivity index (χ3v) is 3.41. The third kappa shape index (κ3) is 5.58. The summed E-state index contributed by atoms with van der Waals surface area (Å²) in [7, 11) is 3.13. The van der Waals surface area contributed by atoms with E-state index in [1.807, 2.05) is 13.8 Å². The van der Waals surface area contributed by atoms with Gasteiger partial charge in [0.2, 0.25) is 0 Å². The molecular weight excluding hydrogens is 336 g/mol. The molecule has 6 nitrogen and oxygen atoms in total. The number of hydrogen-bond donors (Lipinski definition) is 0. The average Bonchev–Trinajstić information content (AvgIpc) is 2.65. The quantitative estimate of drug-likeness (QED) is 0.502. The van der Waals surface area contributed by atoms with Crippen LogP contribution in [0.3, 0.4) is 0 Å². The summed E-state index contributed by atoms with van der Waals surface area (Å²) in [4.78, 5) is 12.2. The fourth-order valence-corrected chi connectivity index (χ4v) is 2.20. The average molecular weight is 360 g/mol. The van der Waals surface area contributed by atoms with Crippen LogP contribution in [-0.4, -0.2) is 39.5 Å². The first-order valence-corrected chi connectivity index (χ1v) is 8.32. The number of benzene rings is 2. The van der Waals surface area contributed by atoms with Crippen LogP contribution in [0.15, 0.2) is 42.5 Å². The maximum absolute atomic E-state index is 12.2. The maximum atomic E-state index is 12.2. The molecule has 26 heavy (non-hydrogen) atoms. The monoisotopic (exact) mass is 360 g/mol. The van der Waals surface area contributed by atoms with Crippen LogP contribution in [0.25, 0.3) is 0 Å². The topological polar surface area (TPSA) is 63.2 Å². The zero-order valence-electron chi connectivity index (χ0n) is 15.5. The number of hydrogen-bond acceptors (Lipinski definition) is 6. The molecule has 0 spiro atoms. The van der Waals surface area contributed by atoms with E-state index in [4.69, 9.17) is 23.7 Å². The van der Waals surface area contributed by atoms with Crippen molar-refractivity contribution in [2.45, 2.75) is 20.0 Å². The zero-order chi connectivity index (χ0) is 18.9. The predicted octanol–water partition coefficient (Wildman–Crippen LogP) is 3.73. The number of rotatable bonds is 9. The van der Waals surface area contributed by atoms with Crippen molar-refractivity contribution in [3.63, 3.8) is 0 Å². The number of carbonyl (C=O) groups excluding carboxylic acids is 1. The molecule has 0 aromatic heterocycles. The highest BCUT2D eigenvalue weighted by atomic mass is 16.6. The van der Waals surface area contributed by atoms with E-state index in [1.165, 1.54) is 7.11 Å². The van der Waals surface area contributed by atoms with Gasteiger partial charge in [0, 0.05) is 0 Å².